The SMILES string of the molecule is Nc1n[nH]c2ccc([C@@H]3Nc4ccc5c(c4[C@H]4C6CCC(C6)[C@@H]34)C(=O)NC5)cc12. The van der Waals surface area contributed by atoms with Gasteiger partial charge >= 0.3 is 0 Å². The first-order valence-electron chi connectivity index (χ1n) is 10.6. The molecular formula is C23H23N5O. The summed E-state index contributed by atoms with van der Waals surface area (Å²) in [7, 11) is 0. The van der Waals surface area contributed by atoms with Gasteiger partial charge in [0.2, 0.25) is 0 Å². The topological polar surface area (TPSA) is 95.8 Å². The molecule has 5 N–H and O–H groups in total. The second-order valence-corrected chi connectivity index (χ2v) is 9.22. The number of aromatic amines is 1. The summed E-state index contributed by atoms with van der Waals surface area (Å²) in [6.07, 6.45) is 3.88. The number of rotatable bonds is 1. The molecule has 6 heteroatoms. The Balaban J connectivity index is 1.42. The van der Waals surface area contributed by atoms with Crippen LogP contribution in [0.15, 0.2) is 30.3 Å². The minimum atomic E-state index is 0.103. The highest BCUT2D eigenvalue weighted by atomic mass is 16.1. The van der Waals surface area contributed by atoms with Crippen molar-refractivity contribution in [3.8, 4) is 0 Å². The van der Waals surface area contributed by atoms with Gasteiger partial charge in [-0.1, -0.05) is 12.1 Å². The lowest BCUT2D eigenvalue weighted by Gasteiger charge is -2.44. The van der Waals surface area contributed by atoms with Crippen LogP contribution in [0.4, 0.5) is 11.5 Å². The second-order valence-electron chi connectivity index (χ2n) is 9.22. The number of nitrogen functional groups attached to an aromatic ring is 1. The smallest absolute Gasteiger partial charge is 0.252 e. The summed E-state index contributed by atoms with van der Waals surface area (Å²) in [6.45, 7) is 0.660. The van der Waals surface area contributed by atoms with Crippen molar-refractivity contribution >= 4 is 28.3 Å². The van der Waals surface area contributed by atoms with Crippen LogP contribution in [0.1, 0.15) is 58.3 Å². The zero-order valence-corrected chi connectivity index (χ0v) is 16.0. The maximum absolute atomic E-state index is 12.7. The first kappa shape index (κ1) is 15.9. The third-order valence-corrected chi connectivity index (χ3v) is 7.98. The van der Waals surface area contributed by atoms with Crippen LogP contribution in [0.25, 0.3) is 10.9 Å². The van der Waals surface area contributed by atoms with Crippen LogP contribution in [0.2, 0.25) is 0 Å². The molecule has 146 valence electrons. The summed E-state index contributed by atoms with van der Waals surface area (Å²) >= 11 is 0. The summed E-state index contributed by atoms with van der Waals surface area (Å²) in [6, 6.07) is 11.0. The van der Waals surface area contributed by atoms with Gasteiger partial charge in [-0.25, -0.2) is 0 Å². The molecule has 0 saturated heterocycles. The lowest BCUT2D eigenvalue weighted by molar-refractivity contribution is 0.0963. The van der Waals surface area contributed by atoms with Gasteiger partial charge in [0, 0.05) is 23.2 Å². The van der Waals surface area contributed by atoms with Crippen LogP contribution in [0.3, 0.4) is 0 Å². The number of carbonyl (C=O) groups is 1. The summed E-state index contributed by atoms with van der Waals surface area (Å²) in [5.41, 5.74) is 12.9. The van der Waals surface area contributed by atoms with Crippen molar-refractivity contribution < 1.29 is 4.79 Å². The minimum absolute atomic E-state index is 0.103. The highest BCUT2D eigenvalue weighted by Crippen LogP contribution is 2.64. The van der Waals surface area contributed by atoms with Gasteiger partial charge in [0.25, 0.3) is 5.91 Å². The maximum atomic E-state index is 12.7. The fraction of sp³-hybridized carbons (Fsp3) is 0.391. The van der Waals surface area contributed by atoms with E-state index in [2.05, 4.69) is 51.2 Å². The van der Waals surface area contributed by atoms with Crippen molar-refractivity contribution in [1.82, 2.24) is 15.5 Å². The lowest BCUT2D eigenvalue weighted by atomic mass is 9.66. The molecule has 2 unspecified atom stereocenters. The molecule has 29 heavy (non-hydrogen) atoms. The van der Waals surface area contributed by atoms with Crippen LogP contribution in [0, 0.1) is 17.8 Å². The third kappa shape index (κ3) is 1.96. The Labute approximate surface area is 168 Å². The Bertz CT molecular complexity index is 1200. The fourth-order valence-electron chi connectivity index (χ4n) is 6.87. The Morgan fingerprint density at radius 3 is 2.93 bits per heavy atom. The van der Waals surface area contributed by atoms with E-state index < -0.39 is 0 Å². The van der Waals surface area contributed by atoms with E-state index >= 15 is 0 Å². The number of hydrogen-bond donors (Lipinski definition) is 4. The molecule has 4 aliphatic rings. The fourth-order valence-corrected chi connectivity index (χ4v) is 6.87. The van der Waals surface area contributed by atoms with E-state index in [-0.39, 0.29) is 11.9 Å². The van der Waals surface area contributed by atoms with Crippen LogP contribution in [-0.2, 0) is 6.54 Å². The van der Waals surface area contributed by atoms with Gasteiger partial charge in [0.1, 0.15) is 0 Å². The van der Waals surface area contributed by atoms with Crippen molar-refractivity contribution in [2.75, 3.05) is 11.1 Å². The van der Waals surface area contributed by atoms with Crippen molar-refractivity contribution in [3.05, 3.63) is 52.6 Å². The molecule has 0 radical (unpaired) electrons. The monoisotopic (exact) mass is 385 g/mol. The molecular weight excluding hydrogens is 362 g/mol. The molecule has 3 aromatic rings. The van der Waals surface area contributed by atoms with Crippen LogP contribution >= 0.6 is 0 Å². The highest BCUT2D eigenvalue weighted by Gasteiger charge is 2.55. The molecule has 2 fully saturated rings. The number of aromatic nitrogens is 2. The molecule has 3 heterocycles. The molecule has 2 bridgehead atoms. The Kier molecular flexibility index (Phi) is 2.91. The lowest BCUT2D eigenvalue weighted by Crippen LogP contribution is -2.36. The van der Waals surface area contributed by atoms with Crippen LogP contribution in [-0.4, -0.2) is 16.1 Å². The maximum Gasteiger partial charge on any atom is 0.252 e. The summed E-state index contributed by atoms with van der Waals surface area (Å²) in [5.74, 6) is 3.05. The van der Waals surface area contributed by atoms with Gasteiger partial charge in [0.15, 0.2) is 5.82 Å². The molecule has 5 atom stereocenters. The molecule has 1 amide bonds. The average molecular weight is 385 g/mol. The van der Waals surface area contributed by atoms with Gasteiger partial charge in [-0.3, -0.25) is 9.89 Å². The normalized spacial score (nSPS) is 31.3. The molecule has 1 aromatic heterocycles. The third-order valence-electron chi connectivity index (χ3n) is 7.98. The zero-order valence-electron chi connectivity index (χ0n) is 16.0. The van der Waals surface area contributed by atoms with Crippen molar-refractivity contribution in [3.63, 3.8) is 0 Å². The number of fused-ring (bicyclic) bond motifs is 10. The summed E-state index contributed by atoms with van der Waals surface area (Å²) in [4.78, 5) is 12.7. The number of carbonyl (C=O) groups excluding carboxylic acids is 1. The Morgan fingerprint density at radius 1 is 1.10 bits per heavy atom. The Hall–Kier alpha value is -3.02. The van der Waals surface area contributed by atoms with Crippen LogP contribution in [0.5, 0.6) is 0 Å². The predicted molar refractivity (Wildman–Crippen MR) is 112 cm³/mol. The summed E-state index contributed by atoms with van der Waals surface area (Å²) in [5, 5.41) is 15.0. The van der Waals surface area contributed by atoms with E-state index in [0.717, 1.165) is 27.7 Å². The number of nitrogens with zero attached hydrogens (tertiary/aromatic N) is 1. The van der Waals surface area contributed by atoms with E-state index in [1.54, 1.807) is 0 Å². The molecule has 6 nitrogen and oxygen atoms in total. The standard InChI is InChI=1S/C23H23N5O/c24-22-14-8-12(3-5-15(14)27-28-22)21-18-11-2-1-10(7-11)17(18)20-16(26-21)6-4-13-9-25-23(29)19(13)20/h3-6,8,10-11,17-18,21,26H,1-2,7,9H2,(H,25,29)(H3,24,27,28)/t10?,11?,17-,18+,21-/m0/s1. The van der Waals surface area contributed by atoms with Gasteiger partial charge in [-0.05, 0) is 77.8 Å². The number of hydrogen-bond acceptors (Lipinski definition) is 4. The number of nitrogens with two attached hydrogens (primary N) is 1. The van der Waals surface area contributed by atoms with Crippen LogP contribution < -0.4 is 16.4 Å². The predicted octanol–water partition coefficient (Wildman–Crippen LogP) is 3.69. The Morgan fingerprint density at radius 2 is 2.00 bits per heavy atom. The van der Waals surface area contributed by atoms with Crippen molar-refractivity contribution in [1.29, 1.82) is 0 Å². The van der Waals surface area contributed by atoms with E-state index in [1.807, 2.05) is 0 Å². The molecule has 2 aliphatic heterocycles. The van der Waals surface area contributed by atoms with Gasteiger partial charge in [-0.2, -0.15) is 5.10 Å². The first-order valence-corrected chi connectivity index (χ1v) is 10.6. The molecule has 2 aromatic carbocycles. The largest absolute Gasteiger partial charge is 0.382 e. The van der Waals surface area contributed by atoms with Gasteiger partial charge in [-0.15, -0.1) is 0 Å². The molecule has 2 saturated carbocycles. The number of nitrogens with one attached hydrogen (secondary N) is 3. The average Bonchev–Trinajstić information content (AvgIpc) is 3.52. The van der Waals surface area contributed by atoms with Crippen molar-refractivity contribution in [2.45, 2.75) is 37.8 Å². The number of amides is 1. The van der Waals surface area contributed by atoms with E-state index in [9.17, 15) is 4.79 Å². The number of anilines is 2. The number of H-pyrrole nitrogens is 1. The van der Waals surface area contributed by atoms with Gasteiger partial charge in [0.05, 0.1) is 11.6 Å². The summed E-state index contributed by atoms with van der Waals surface area (Å²) < 4.78 is 0. The second kappa shape index (κ2) is 5.32. The zero-order chi connectivity index (χ0) is 19.3. The number of benzene rings is 2. The quantitative estimate of drug-likeness (QED) is 0.514. The first-order chi connectivity index (χ1) is 14.2. The minimum Gasteiger partial charge on any atom is -0.382 e. The van der Waals surface area contributed by atoms with E-state index in [4.69, 9.17) is 5.73 Å². The molecule has 2 aliphatic carbocycles. The van der Waals surface area contributed by atoms with Crippen molar-refractivity contribution in [2.24, 2.45) is 17.8 Å². The molecule has 0 spiro atoms. The molecule has 7 rings (SSSR count). The van der Waals surface area contributed by atoms with E-state index in [0.29, 0.717) is 36.0 Å². The highest BCUT2D eigenvalue weighted by molar-refractivity contribution is 6.01. The van der Waals surface area contributed by atoms with E-state index in [1.165, 1.54) is 30.4 Å². The van der Waals surface area contributed by atoms with Gasteiger partial charge < -0.3 is 16.4 Å².